The molecule has 1 heterocycles. The van der Waals surface area contributed by atoms with Gasteiger partial charge >= 0.3 is 0 Å². The Labute approximate surface area is 133 Å². The van der Waals surface area contributed by atoms with Gasteiger partial charge in [-0.25, -0.2) is 0 Å². The van der Waals surface area contributed by atoms with Crippen molar-refractivity contribution >= 4 is 24.1 Å². The number of hydrogen-bond acceptors (Lipinski definition) is 4. The van der Waals surface area contributed by atoms with Crippen LogP contribution in [0.4, 0.5) is 5.69 Å². The number of rotatable bonds is 4. The molecule has 0 fully saturated rings. The summed E-state index contributed by atoms with van der Waals surface area (Å²) in [6.45, 7) is 7.84. The number of aromatic hydroxyl groups is 1. The van der Waals surface area contributed by atoms with Gasteiger partial charge in [0.25, 0.3) is 5.56 Å². The summed E-state index contributed by atoms with van der Waals surface area (Å²) in [4.78, 5) is 18.8. The fourth-order valence-corrected chi connectivity index (χ4v) is 2.25. The van der Waals surface area contributed by atoms with E-state index in [4.69, 9.17) is 12.2 Å². The molecule has 0 unspecified atom stereocenters. The van der Waals surface area contributed by atoms with Crippen molar-refractivity contribution in [2.75, 3.05) is 0 Å². The van der Waals surface area contributed by atoms with E-state index in [0.717, 1.165) is 16.8 Å². The summed E-state index contributed by atoms with van der Waals surface area (Å²) in [7, 11) is 0. The van der Waals surface area contributed by atoms with Crippen molar-refractivity contribution in [2.45, 2.75) is 20.4 Å². The summed E-state index contributed by atoms with van der Waals surface area (Å²) in [6.07, 6.45) is 2.93. The predicted octanol–water partition coefficient (Wildman–Crippen LogP) is 3.16. The van der Waals surface area contributed by atoms with Crippen LogP contribution in [-0.4, -0.2) is 20.9 Å². The fraction of sp³-hybridized carbons (Fsp3) is 0.188. The molecule has 6 heteroatoms. The van der Waals surface area contributed by atoms with Crippen molar-refractivity contribution in [3.8, 4) is 5.88 Å². The number of H-pyrrole nitrogens is 1. The number of aromatic amines is 1. The van der Waals surface area contributed by atoms with Crippen molar-refractivity contribution in [3.05, 3.63) is 62.7 Å². The molecule has 0 saturated carbocycles. The lowest BCUT2D eigenvalue weighted by Gasteiger charge is -2.08. The zero-order chi connectivity index (χ0) is 16.3. The first-order chi connectivity index (χ1) is 10.5. The maximum Gasteiger partial charge on any atom is 0.264 e. The quantitative estimate of drug-likeness (QED) is 0.517. The Kier molecular flexibility index (Phi) is 4.72. The Hall–Kier alpha value is -2.47. The number of aliphatic imine (C=N–C) groups is 1. The number of benzene rings is 1. The van der Waals surface area contributed by atoms with Crippen LogP contribution in [0.5, 0.6) is 5.88 Å². The second-order valence-corrected chi connectivity index (χ2v) is 5.26. The monoisotopic (exact) mass is 315 g/mol. The minimum atomic E-state index is -0.475. The van der Waals surface area contributed by atoms with E-state index in [1.165, 1.54) is 10.8 Å². The largest absolute Gasteiger partial charge is 0.494 e. The highest BCUT2D eigenvalue weighted by atomic mass is 32.1. The van der Waals surface area contributed by atoms with E-state index in [9.17, 15) is 9.90 Å². The van der Waals surface area contributed by atoms with Crippen LogP contribution in [0.3, 0.4) is 0 Å². The number of hydrogen-bond donors (Lipinski definition) is 2. The average molecular weight is 315 g/mol. The summed E-state index contributed by atoms with van der Waals surface area (Å²) in [5.74, 6) is -0.220. The lowest BCUT2D eigenvalue weighted by molar-refractivity contribution is 0.413. The van der Waals surface area contributed by atoms with Crippen LogP contribution in [0, 0.1) is 18.6 Å². The summed E-state index contributed by atoms with van der Waals surface area (Å²) < 4.78 is 1.53. The topological polar surface area (TPSA) is 70.4 Å². The standard InChI is InChI=1S/C16H17N3O2S/c1-4-8-19-15(21)12(14(20)18-16(19)22)9-17-13-7-5-6-10(2)11(13)3/h4-7,9,21H,1,8H2,2-3H3,(H,18,20,22). The first kappa shape index (κ1) is 15.9. The zero-order valence-corrected chi connectivity index (χ0v) is 13.3. The van der Waals surface area contributed by atoms with Crippen LogP contribution in [0.2, 0.25) is 0 Å². The van der Waals surface area contributed by atoms with Gasteiger partial charge < -0.3 is 5.11 Å². The Bertz CT molecular complexity index is 863. The maximum atomic E-state index is 12.0. The highest BCUT2D eigenvalue weighted by molar-refractivity contribution is 7.71. The Balaban J connectivity index is 2.54. The average Bonchev–Trinajstić information content (AvgIpc) is 2.47. The van der Waals surface area contributed by atoms with Gasteiger partial charge in [-0.3, -0.25) is 19.3 Å². The van der Waals surface area contributed by atoms with Gasteiger partial charge in [0.1, 0.15) is 5.56 Å². The van der Waals surface area contributed by atoms with E-state index in [1.807, 2.05) is 32.0 Å². The first-order valence-corrected chi connectivity index (χ1v) is 7.13. The summed E-state index contributed by atoms with van der Waals surface area (Å²) in [5, 5.41) is 10.2. The molecule has 22 heavy (non-hydrogen) atoms. The molecule has 0 bridgehead atoms. The van der Waals surface area contributed by atoms with Gasteiger partial charge in [0.15, 0.2) is 4.77 Å². The van der Waals surface area contributed by atoms with E-state index in [-0.39, 0.29) is 16.2 Å². The van der Waals surface area contributed by atoms with Gasteiger partial charge in [0.05, 0.1) is 5.69 Å². The molecule has 0 aliphatic heterocycles. The van der Waals surface area contributed by atoms with Gasteiger partial charge in [-0.2, -0.15) is 0 Å². The third-order valence-corrected chi connectivity index (χ3v) is 3.75. The van der Waals surface area contributed by atoms with Gasteiger partial charge in [-0.15, -0.1) is 6.58 Å². The van der Waals surface area contributed by atoms with E-state index >= 15 is 0 Å². The fourth-order valence-electron chi connectivity index (χ4n) is 2.00. The van der Waals surface area contributed by atoms with Crippen molar-refractivity contribution < 1.29 is 5.11 Å². The molecule has 114 valence electrons. The molecule has 0 amide bonds. The molecule has 2 N–H and O–H groups in total. The number of aryl methyl sites for hydroxylation is 1. The summed E-state index contributed by atoms with van der Waals surface area (Å²) in [5.41, 5.74) is 2.47. The van der Waals surface area contributed by atoms with E-state index in [0.29, 0.717) is 6.54 Å². The molecular weight excluding hydrogens is 298 g/mol. The minimum absolute atomic E-state index is 0.0661. The number of nitrogens with zero attached hydrogens (tertiary/aromatic N) is 2. The molecule has 2 aromatic rings. The summed E-state index contributed by atoms with van der Waals surface area (Å²) in [6, 6.07) is 5.73. The molecule has 0 aliphatic rings. The minimum Gasteiger partial charge on any atom is -0.494 e. The molecule has 0 radical (unpaired) electrons. The molecule has 1 aromatic heterocycles. The van der Waals surface area contributed by atoms with Crippen molar-refractivity contribution in [1.29, 1.82) is 0 Å². The van der Waals surface area contributed by atoms with Crippen LogP contribution in [0.15, 0.2) is 40.6 Å². The van der Waals surface area contributed by atoms with Crippen LogP contribution in [0.1, 0.15) is 16.7 Å². The third kappa shape index (κ3) is 3.07. The highest BCUT2D eigenvalue weighted by Crippen LogP contribution is 2.21. The van der Waals surface area contributed by atoms with Gasteiger partial charge in [-0.1, -0.05) is 18.2 Å². The zero-order valence-electron chi connectivity index (χ0n) is 12.5. The summed E-state index contributed by atoms with van der Waals surface area (Å²) >= 11 is 5.02. The molecule has 2 rings (SSSR count). The smallest absolute Gasteiger partial charge is 0.264 e. The number of allylic oxidation sites excluding steroid dienone is 1. The maximum absolute atomic E-state index is 12.0. The van der Waals surface area contributed by atoms with E-state index < -0.39 is 5.56 Å². The SMILES string of the molecule is C=CCn1c(O)c(C=Nc2cccc(C)c2C)c(=O)[nH]c1=S. The van der Waals surface area contributed by atoms with Gasteiger partial charge in [-0.05, 0) is 43.3 Å². The van der Waals surface area contributed by atoms with Crippen LogP contribution >= 0.6 is 12.2 Å². The molecule has 0 spiro atoms. The Morgan fingerprint density at radius 3 is 2.86 bits per heavy atom. The second kappa shape index (κ2) is 6.53. The lowest BCUT2D eigenvalue weighted by Crippen LogP contribution is -2.18. The molecule has 5 nitrogen and oxygen atoms in total. The highest BCUT2D eigenvalue weighted by Gasteiger charge is 2.10. The van der Waals surface area contributed by atoms with E-state index in [1.54, 1.807) is 6.08 Å². The van der Waals surface area contributed by atoms with Crippen LogP contribution in [0.25, 0.3) is 0 Å². The van der Waals surface area contributed by atoms with E-state index in [2.05, 4.69) is 16.6 Å². The normalized spacial score (nSPS) is 11.0. The molecule has 1 aromatic carbocycles. The number of aromatic nitrogens is 2. The van der Waals surface area contributed by atoms with Crippen molar-refractivity contribution in [2.24, 2.45) is 4.99 Å². The Morgan fingerprint density at radius 1 is 1.45 bits per heavy atom. The molecular formula is C16H17N3O2S. The molecule has 0 atom stereocenters. The first-order valence-electron chi connectivity index (χ1n) is 6.73. The van der Waals surface area contributed by atoms with Crippen molar-refractivity contribution in [1.82, 2.24) is 9.55 Å². The second-order valence-electron chi connectivity index (χ2n) is 4.87. The lowest BCUT2D eigenvalue weighted by atomic mass is 10.1. The molecule has 0 aliphatic carbocycles. The van der Waals surface area contributed by atoms with Crippen molar-refractivity contribution in [3.63, 3.8) is 0 Å². The van der Waals surface area contributed by atoms with Gasteiger partial charge in [0, 0.05) is 12.8 Å². The van der Waals surface area contributed by atoms with Gasteiger partial charge in [0.2, 0.25) is 5.88 Å². The predicted molar refractivity (Wildman–Crippen MR) is 90.9 cm³/mol. The Morgan fingerprint density at radius 2 is 2.18 bits per heavy atom. The molecule has 0 saturated heterocycles. The van der Waals surface area contributed by atoms with Crippen LogP contribution < -0.4 is 5.56 Å². The number of nitrogens with one attached hydrogen (secondary N) is 1. The van der Waals surface area contributed by atoms with Crippen LogP contribution in [-0.2, 0) is 6.54 Å². The third-order valence-electron chi connectivity index (χ3n) is 3.43.